The van der Waals surface area contributed by atoms with E-state index in [9.17, 15) is 9.18 Å². The lowest BCUT2D eigenvalue weighted by molar-refractivity contribution is 0.0994. The highest BCUT2D eigenvalue weighted by Crippen LogP contribution is 2.29. The summed E-state index contributed by atoms with van der Waals surface area (Å²) >= 11 is 0. The number of hydrogen-bond acceptors (Lipinski definition) is 7. The van der Waals surface area contributed by atoms with E-state index in [1.54, 1.807) is 23.9 Å². The van der Waals surface area contributed by atoms with Gasteiger partial charge in [0.15, 0.2) is 11.6 Å². The second-order valence-corrected chi connectivity index (χ2v) is 8.60. The molecule has 9 nitrogen and oxygen atoms in total. The number of tetrazole rings is 1. The van der Waals surface area contributed by atoms with Gasteiger partial charge in [-0.05, 0) is 73.1 Å². The van der Waals surface area contributed by atoms with Crippen molar-refractivity contribution in [2.45, 2.75) is 51.6 Å². The van der Waals surface area contributed by atoms with Crippen molar-refractivity contribution < 1.29 is 13.9 Å². The smallest absolute Gasteiger partial charge is 0.267 e. The van der Waals surface area contributed by atoms with Gasteiger partial charge in [-0.1, -0.05) is 6.07 Å². The predicted molar refractivity (Wildman–Crippen MR) is 120 cm³/mol. The molecule has 2 aromatic heterocycles. The molecule has 0 spiro atoms. The number of hydrogen-bond donors (Lipinski definition) is 2. The SMILES string of the molecule is COc1cc(Cc2c(-c3nnn(C[C@H]4CC[C@H](N)CC4)n3)cc(C)nc2C(N)=O)ccc1F. The van der Waals surface area contributed by atoms with Crippen LogP contribution in [-0.4, -0.2) is 44.3 Å². The molecule has 0 aliphatic heterocycles. The van der Waals surface area contributed by atoms with E-state index in [4.69, 9.17) is 16.2 Å². The van der Waals surface area contributed by atoms with Crippen LogP contribution in [-0.2, 0) is 13.0 Å². The normalized spacial score (nSPS) is 18.3. The quantitative estimate of drug-likeness (QED) is 0.561. The van der Waals surface area contributed by atoms with Gasteiger partial charge in [0.2, 0.25) is 5.82 Å². The summed E-state index contributed by atoms with van der Waals surface area (Å²) < 4.78 is 19.0. The summed E-state index contributed by atoms with van der Waals surface area (Å²) in [7, 11) is 1.40. The Balaban J connectivity index is 1.68. The summed E-state index contributed by atoms with van der Waals surface area (Å²) in [6.45, 7) is 2.44. The average Bonchev–Trinajstić information content (AvgIpc) is 3.25. The Morgan fingerprint density at radius 2 is 2.00 bits per heavy atom. The molecule has 1 amide bonds. The first-order valence-electron chi connectivity index (χ1n) is 11.0. The van der Waals surface area contributed by atoms with Crippen molar-refractivity contribution in [2.75, 3.05) is 7.11 Å². The van der Waals surface area contributed by atoms with E-state index in [1.807, 2.05) is 6.07 Å². The van der Waals surface area contributed by atoms with Gasteiger partial charge < -0.3 is 16.2 Å². The van der Waals surface area contributed by atoms with Crippen molar-refractivity contribution >= 4 is 5.91 Å². The molecule has 4 N–H and O–H groups in total. The molecule has 1 fully saturated rings. The van der Waals surface area contributed by atoms with Crippen LogP contribution < -0.4 is 16.2 Å². The van der Waals surface area contributed by atoms with Crippen LogP contribution in [0.1, 0.15) is 53.0 Å². The van der Waals surface area contributed by atoms with E-state index in [1.165, 1.54) is 13.2 Å². The van der Waals surface area contributed by atoms with Crippen molar-refractivity contribution in [2.24, 2.45) is 17.4 Å². The van der Waals surface area contributed by atoms with Crippen LogP contribution in [0.25, 0.3) is 11.4 Å². The molecule has 4 rings (SSSR count). The molecule has 0 bridgehead atoms. The largest absolute Gasteiger partial charge is 0.494 e. The number of benzene rings is 1. The van der Waals surface area contributed by atoms with Gasteiger partial charge in [-0.3, -0.25) is 4.79 Å². The zero-order valence-electron chi connectivity index (χ0n) is 18.8. The first-order chi connectivity index (χ1) is 15.8. The number of methoxy groups -OCH3 is 1. The van der Waals surface area contributed by atoms with Crippen LogP contribution in [0.4, 0.5) is 4.39 Å². The van der Waals surface area contributed by atoms with Gasteiger partial charge in [0, 0.05) is 23.7 Å². The van der Waals surface area contributed by atoms with Crippen molar-refractivity contribution in [3.8, 4) is 17.1 Å². The summed E-state index contributed by atoms with van der Waals surface area (Å²) in [4.78, 5) is 18.2. The number of nitrogens with zero attached hydrogens (tertiary/aromatic N) is 5. The number of pyridine rings is 1. The fourth-order valence-corrected chi connectivity index (χ4v) is 4.33. The predicted octanol–water partition coefficient (Wildman–Crippen LogP) is 2.40. The zero-order valence-corrected chi connectivity index (χ0v) is 18.8. The van der Waals surface area contributed by atoms with Gasteiger partial charge in [-0.25, -0.2) is 9.37 Å². The summed E-state index contributed by atoms with van der Waals surface area (Å²) in [6, 6.07) is 6.62. The highest BCUT2D eigenvalue weighted by molar-refractivity contribution is 5.94. The van der Waals surface area contributed by atoms with Crippen LogP contribution in [0.3, 0.4) is 0 Å². The van der Waals surface area contributed by atoms with Gasteiger partial charge in [0.1, 0.15) is 5.69 Å². The van der Waals surface area contributed by atoms with Gasteiger partial charge >= 0.3 is 0 Å². The van der Waals surface area contributed by atoms with Crippen molar-refractivity contribution in [3.63, 3.8) is 0 Å². The zero-order chi connectivity index (χ0) is 23.5. The molecule has 0 saturated heterocycles. The summed E-state index contributed by atoms with van der Waals surface area (Å²) in [5, 5.41) is 13.1. The van der Waals surface area contributed by atoms with Gasteiger partial charge in [-0.15, -0.1) is 10.2 Å². The minimum absolute atomic E-state index is 0.117. The number of ether oxygens (including phenoxy) is 1. The number of aryl methyl sites for hydroxylation is 1. The molecule has 174 valence electrons. The second-order valence-electron chi connectivity index (χ2n) is 8.60. The number of carbonyl (C=O) groups is 1. The highest BCUT2D eigenvalue weighted by Gasteiger charge is 2.23. The number of amides is 1. The molecule has 10 heteroatoms. The standard InChI is InChI=1S/C23H28FN7O2/c1-13-9-18(23-28-30-31(29-23)12-14-3-6-16(25)7-4-14)17(21(27-13)22(26)32)10-15-5-8-19(24)20(11-15)33-2/h5,8-9,11,14,16H,3-4,6-7,10,12,25H2,1-2H3,(H2,26,32)/t14-,16-. The molecule has 0 atom stereocenters. The molecule has 0 unspecified atom stereocenters. The first-order valence-corrected chi connectivity index (χ1v) is 11.0. The van der Waals surface area contributed by atoms with E-state index >= 15 is 0 Å². The lowest BCUT2D eigenvalue weighted by Crippen LogP contribution is -2.28. The molecule has 33 heavy (non-hydrogen) atoms. The summed E-state index contributed by atoms with van der Waals surface area (Å²) in [5.41, 5.74) is 14.3. The third kappa shape index (κ3) is 5.16. The van der Waals surface area contributed by atoms with E-state index < -0.39 is 11.7 Å². The molecule has 1 saturated carbocycles. The average molecular weight is 454 g/mol. The van der Waals surface area contributed by atoms with E-state index in [0.29, 0.717) is 35.1 Å². The maximum Gasteiger partial charge on any atom is 0.267 e. The fraction of sp³-hybridized carbons (Fsp3) is 0.435. The molecular weight excluding hydrogens is 425 g/mol. The molecule has 2 heterocycles. The molecule has 3 aromatic rings. The second kappa shape index (κ2) is 9.62. The molecule has 1 aliphatic rings. The monoisotopic (exact) mass is 453 g/mol. The number of halogens is 1. The van der Waals surface area contributed by atoms with E-state index in [2.05, 4.69) is 20.4 Å². The Bertz CT molecular complexity index is 1160. The molecule has 0 radical (unpaired) electrons. The van der Waals surface area contributed by atoms with E-state index in [0.717, 1.165) is 31.2 Å². The Morgan fingerprint density at radius 3 is 2.70 bits per heavy atom. The minimum Gasteiger partial charge on any atom is -0.494 e. The Hall–Kier alpha value is -3.40. The maximum absolute atomic E-state index is 13.9. The maximum atomic E-state index is 13.9. The molecule has 1 aliphatic carbocycles. The van der Waals surface area contributed by atoms with Gasteiger partial charge in [0.05, 0.1) is 13.7 Å². The van der Waals surface area contributed by atoms with Crippen LogP contribution >= 0.6 is 0 Å². The number of rotatable bonds is 7. The number of primary amides is 1. The number of carbonyl (C=O) groups excluding carboxylic acids is 1. The van der Waals surface area contributed by atoms with E-state index in [-0.39, 0.29) is 23.9 Å². The molecule has 1 aromatic carbocycles. The van der Waals surface area contributed by atoms with Gasteiger partial charge in [-0.2, -0.15) is 4.80 Å². The Kier molecular flexibility index (Phi) is 6.64. The topological polar surface area (TPSA) is 135 Å². The van der Waals surface area contributed by atoms with Crippen molar-refractivity contribution in [3.05, 3.63) is 52.6 Å². The first kappa shape index (κ1) is 22.8. The van der Waals surface area contributed by atoms with Crippen LogP contribution in [0.2, 0.25) is 0 Å². The van der Waals surface area contributed by atoms with Crippen molar-refractivity contribution in [1.82, 2.24) is 25.2 Å². The van der Waals surface area contributed by atoms with Crippen LogP contribution in [0, 0.1) is 18.7 Å². The number of nitrogens with two attached hydrogens (primary N) is 2. The Morgan fingerprint density at radius 1 is 1.24 bits per heavy atom. The van der Waals surface area contributed by atoms with Crippen molar-refractivity contribution in [1.29, 1.82) is 0 Å². The summed E-state index contributed by atoms with van der Waals surface area (Å²) in [6.07, 6.45) is 4.35. The summed E-state index contributed by atoms with van der Waals surface area (Å²) in [5.74, 6) is -0.161. The third-order valence-electron chi connectivity index (χ3n) is 6.09. The van der Waals surface area contributed by atoms with Gasteiger partial charge in [0.25, 0.3) is 5.91 Å². The third-order valence-corrected chi connectivity index (χ3v) is 6.09. The van der Waals surface area contributed by atoms with Crippen LogP contribution in [0.15, 0.2) is 24.3 Å². The van der Waals surface area contributed by atoms with Crippen LogP contribution in [0.5, 0.6) is 5.75 Å². The minimum atomic E-state index is -0.657. The lowest BCUT2D eigenvalue weighted by atomic mass is 9.86. The fourth-order valence-electron chi connectivity index (χ4n) is 4.33. The highest BCUT2D eigenvalue weighted by atomic mass is 19.1. The Labute approximate surface area is 191 Å². The molecular formula is C23H28FN7O2. The lowest BCUT2D eigenvalue weighted by Gasteiger charge is -2.25. The number of aromatic nitrogens is 5.